The highest BCUT2D eigenvalue weighted by atomic mass is 16.3. The molecule has 82 valence electrons. The second-order valence-corrected chi connectivity index (χ2v) is 3.65. The molecular formula is C10H14N2O3. The summed E-state index contributed by atoms with van der Waals surface area (Å²) in [6.45, 7) is 0.874. The van der Waals surface area contributed by atoms with Gasteiger partial charge in [0.25, 0.3) is 0 Å². The van der Waals surface area contributed by atoms with E-state index in [1.165, 1.54) is 0 Å². The Hall–Kier alpha value is -1.33. The zero-order valence-electron chi connectivity index (χ0n) is 8.27. The highest BCUT2D eigenvalue weighted by Gasteiger charge is 2.27. The largest absolute Gasteiger partial charge is 0.467 e. The molecule has 0 radical (unpaired) electrons. The maximum atomic E-state index is 11.6. The number of furan rings is 1. The Morgan fingerprint density at radius 1 is 1.73 bits per heavy atom. The van der Waals surface area contributed by atoms with Crippen molar-refractivity contribution < 1.29 is 14.3 Å². The maximum absolute atomic E-state index is 11.6. The number of hydrogen-bond donors (Lipinski definition) is 3. The summed E-state index contributed by atoms with van der Waals surface area (Å²) in [5, 5.41) is 14.9. The summed E-state index contributed by atoms with van der Waals surface area (Å²) < 4.78 is 5.08. The molecule has 1 saturated heterocycles. The van der Waals surface area contributed by atoms with Gasteiger partial charge in [-0.25, -0.2) is 0 Å². The third-order valence-corrected chi connectivity index (χ3v) is 2.44. The molecule has 0 saturated carbocycles. The van der Waals surface area contributed by atoms with Gasteiger partial charge >= 0.3 is 0 Å². The van der Waals surface area contributed by atoms with Gasteiger partial charge in [0.05, 0.1) is 25.0 Å². The van der Waals surface area contributed by atoms with E-state index >= 15 is 0 Å². The number of amides is 1. The van der Waals surface area contributed by atoms with Crippen LogP contribution in [0.2, 0.25) is 0 Å². The van der Waals surface area contributed by atoms with Crippen LogP contribution in [0.25, 0.3) is 0 Å². The molecule has 0 spiro atoms. The standard InChI is InChI=1S/C10H14N2O3/c13-7-4-9(11-5-7)10(14)12-6-8-2-1-3-15-8/h1-3,7,9,11,13H,4-6H2,(H,12,14)/t7-,9-/m1/s1. The summed E-state index contributed by atoms with van der Waals surface area (Å²) >= 11 is 0. The first-order chi connectivity index (χ1) is 7.25. The fourth-order valence-electron chi connectivity index (χ4n) is 1.63. The Morgan fingerprint density at radius 3 is 3.20 bits per heavy atom. The number of hydrogen-bond acceptors (Lipinski definition) is 4. The summed E-state index contributed by atoms with van der Waals surface area (Å²) in [5.41, 5.74) is 0. The summed E-state index contributed by atoms with van der Waals surface area (Å²) in [6.07, 6.45) is 1.63. The zero-order valence-corrected chi connectivity index (χ0v) is 8.27. The van der Waals surface area contributed by atoms with E-state index in [4.69, 9.17) is 4.42 Å². The molecule has 1 aliphatic rings. The molecule has 2 heterocycles. The van der Waals surface area contributed by atoms with Crippen molar-refractivity contribution in [1.82, 2.24) is 10.6 Å². The van der Waals surface area contributed by atoms with Crippen molar-refractivity contribution in [2.45, 2.75) is 25.1 Å². The predicted octanol–water partition coefficient (Wildman–Crippen LogP) is -0.381. The lowest BCUT2D eigenvalue weighted by atomic mass is 10.2. The van der Waals surface area contributed by atoms with Crippen LogP contribution in [0.15, 0.2) is 22.8 Å². The average Bonchev–Trinajstić information content (AvgIpc) is 2.84. The van der Waals surface area contributed by atoms with Crippen molar-refractivity contribution in [2.75, 3.05) is 6.54 Å². The Balaban J connectivity index is 1.78. The van der Waals surface area contributed by atoms with Crippen molar-refractivity contribution in [3.8, 4) is 0 Å². The molecule has 0 bridgehead atoms. The summed E-state index contributed by atoms with van der Waals surface area (Å²) in [6, 6.07) is 3.30. The van der Waals surface area contributed by atoms with Crippen molar-refractivity contribution >= 4 is 5.91 Å². The molecule has 2 rings (SSSR count). The third kappa shape index (κ3) is 2.57. The van der Waals surface area contributed by atoms with Crippen molar-refractivity contribution in [3.05, 3.63) is 24.2 Å². The van der Waals surface area contributed by atoms with Gasteiger partial charge in [-0.3, -0.25) is 4.79 Å². The van der Waals surface area contributed by atoms with Crippen molar-refractivity contribution in [2.24, 2.45) is 0 Å². The lowest BCUT2D eigenvalue weighted by Crippen LogP contribution is -2.39. The van der Waals surface area contributed by atoms with Crippen LogP contribution in [-0.2, 0) is 11.3 Å². The van der Waals surface area contributed by atoms with Crippen LogP contribution in [0.5, 0.6) is 0 Å². The quantitative estimate of drug-likeness (QED) is 0.635. The van der Waals surface area contributed by atoms with Gasteiger partial charge in [0, 0.05) is 6.54 Å². The second kappa shape index (κ2) is 4.46. The van der Waals surface area contributed by atoms with Crippen LogP contribution in [0, 0.1) is 0 Å². The predicted molar refractivity (Wildman–Crippen MR) is 53.0 cm³/mol. The topological polar surface area (TPSA) is 74.5 Å². The fourth-order valence-corrected chi connectivity index (χ4v) is 1.63. The highest BCUT2D eigenvalue weighted by molar-refractivity contribution is 5.82. The van der Waals surface area contributed by atoms with Crippen LogP contribution >= 0.6 is 0 Å². The molecule has 1 fully saturated rings. The van der Waals surface area contributed by atoms with Gasteiger partial charge in [0.2, 0.25) is 5.91 Å². The minimum Gasteiger partial charge on any atom is -0.467 e. The summed E-state index contributed by atoms with van der Waals surface area (Å²) in [4.78, 5) is 11.6. The fraction of sp³-hybridized carbons (Fsp3) is 0.500. The molecule has 1 amide bonds. The minimum absolute atomic E-state index is 0.0945. The molecule has 15 heavy (non-hydrogen) atoms. The smallest absolute Gasteiger partial charge is 0.237 e. The van der Waals surface area contributed by atoms with E-state index in [9.17, 15) is 9.90 Å². The number of carbonyl (C=O) groups is 1. The van der Waals surface area contributed by atoms with Crippen LogP contribution in [0.1, 0.15) is 12.2 Å². The first kappa shape index (κ1) is 10.2. The monoisotopic (exact) mass is 210 g/mol. The van der Waals surface area contributed by atoms with Gasteiger partial charge in [-0.2, -0.15) is 0 Å². The first-order valence-corrected chi connectivity index (χ1v) is 4.97. The molecule has 0 aromatic carbocycles. The number of carbonyl (C=O) groups excluding carboxylic acids is 1. The average molecular weight is 210 g/mol. The van der Waals surface area contributed by atoms with Crippen LogP contribution in [-0.4, -0.2) is 29.7 Å². The molecule has 5 heteroatoms. The van der Waals surface area contributed by atoms with Gasteiger partial charge in [0.15, 0.2) is 0 Å². The van der Waals surface area contributed by atoms with Crippen LogP contribution in [0.4, 0.5) is 0 Å². The Morgan fingerprint density at radius 2 is 2.60 bits per heavy atom. The van der Waals surface area contributed by atoms with Crippen molar-refractivity contribution in [1.29, 1.82) is 0 Å². The van der Waals surface area contributed by atoms with Crippen molar-refractivity contribution in [3.63, 3.8) is 0 Å². The van der Waals surface area contributed by atoms with E-state index in [2.05, 4.69) is 10.6 Å². The highest BCUT2D eigenvalue weighted by Crippen LogP contribution is 2.06. The normalized spacial score (nSPS) is 25.4. The van der Waals surface area contributed by atoms with E-state index < -0.39 is 6.10 Å². The summed E-state index contributed by atoms with van der Waals surface area (Å²) in [7, 11) is 0. The van der Waals surface area contributed by atoms with E-state index in [1.807, 2.05) is 0 Å². The van der Waals surface area contributed by atoms with E-state index in [-0.39, 0.29) is 11.9 Å². The first-order valence-electron chi connectivity index (χ1n) is 4.97. The van der Waals surface area contributed by atoms with Gasteiger partial charge in [-0.15, -0.1) is 0 Å². The zero-order chi connectivity index (χ0) is 10.7. The van der Waals surface area contributed by atoms with E-state index in [1.54, 1.807) is 18.4 Å². The van der Waals surface area contributed by atoms with E-state index in [0.717, 1.165) is 5.76 Å². The lowest BCUT2D eigenvalue weighted by molar-refractivity contribution is -0.123. The lowest BCUT2D eigenvalue weighted by Gasteiger charge is -2.09. The van der Waals surface area contributed by atoms with Crippen LogP contribution in [0.3, 0.4) is 0 Å². The summed E-state index contributed by atoms with van der Waals surface area (Å²) in [5.74, 6) is 0.629. The van der Waals surface area contributed by atoms with Gasteiger partial charge in [0.1, 0.15) is 5.76 Å². The molecule has 0 unspecified atom stereocenters. The molecule has 0 aliphatic carbocycles. The maximum Gasteiger partial charge on any atom is 0.237 e. The molecular weight excluding hydrogens is 196 g/mol. The Labute approximate surface area is 87.5 Å². The molecule has 3 N–H and O–H groups in total. The number of rotatable bonds is 3. The number of β-amino-alcohol motifs (C(OH)–C–C–N with tert-alkyl or cyclic N) is 1. The molecule has 2 atom stereocenters. The van der Waals surface area contributed by atoms with Gasteiger partial charge in [-0.1, -0.05) is 0 Å². The van der Waals surface area contributed by atoms with Gasteiger partial charge < -0.3 is 20.2 Å². The van der Waals surface area contributed by atoms with E-state index in [0.29, 0.717) is 19.5 Å². The number of nitrogens with one attached hydrogen (secondary N) is 2. The third-order valence-electron chi connectivity index (χ3n) is 2.44. The van der Waals surface area contributed by atoms with Gasteiger partial charge in [-0.05, 0) is 18.6 Å². The molecule has 1 aliphatic heterocycles. The number of aliphatic hydroxyl groups excluding tert-OH is 1. The molecule has 1 aromatic rings. The second-order valence-electron chi connectivity index (χ2n) is 3.65. The number of aliphatic hydroxyl groups is 1. The SMILES string of the molecule is O=C(NCc1ccco1)[C@H]1C[C@@H](O)CN1. The molecule has 5 nitrogen and oxygen atoms in total. The Kier molecular flexibility index (Phi) is 3.03. The van der Waals surface area contributed by atoms with Crippen LogP contribution < -0.4 is 10.6 Å². The molecule has 1 aromatic heterocycles. The Bertz CT molecular complexity index is 323. The minimum atomic E-state index is -0.413.